The topological polar surface area (TPSA) is 87.3 Å². The fourth-order valence-corrected chi connectivity index (χ4v) is 5.12. The van der Waals surface area contributed by atoms with E-state index in [1.54, 1.807) is 17.4 Å². The minimum absolute atomic E-state index is 0.0165. The Bertz CT molecular complexity index is 1380. The van der Waals surface area contributed by atoms with Gasteiger partial charge in [0.15, 0.2) is 5.84 Å². The number of benzene rings is 2. The molecule has 0 radical (unpaired) electrons. The van der Waals surface area contributed by atoms with Gasteiger partial charge in [0.2, 0.25) is 5.17 Å². The van der Waals surface area contributed by atoms with Crippen LogP contribution in [0.25, 0.3) is 6.08 Å². The van der Waals surface area contributed by atoms with Crippen LogP contribution in [-0.4, -0.2) is 40.2 Å². The SMILES string of the molecule is Cc1ccc(OCCOc2ccc(/C=C3/C(=N)N4N=C(c5cccs5)SC4=NC3=O)cc2)cc1C. The molecule has 3 aromatic rings. The Morgan fingerprint density at radius 2 is 1.74 bits per heavy atom. The zero-order valence-electron chi connectivity index (χ0n) is 19.1. The highest BCUT2D eigenvalue weighted by Crippen LogP contribution is 2.32. The molecular formula is C26H22N4O3S2. The maximum absolute atomic E-state index is 12.6. The van der Waals surface area contributed by atoms with Crippen LogP contribution in [0.15, 0.2) is 75.6 Å². The van der Waals surface area contributed by atoms with Gasteiger partial charge < -0.3 is 9.47 Å². The van der Waals surface area contributed by atoms with E-state index < -0.39 is 5.91 Å². The molecule has 1 N–H and O–H groups in total. The van der Waals surface area contributed by atoms with Crippen molar-refractivity contribution in [3.05, 3.63) is 87.1 Å². The third kappa shape index (κ3) is 5.06. The van der Waals surface area contributed by atoms with Crippen molar-refractivity contribution >= 4 is 51.1 Å². The summed E-state index contributed by atoms with van der Waals surface area (Å²) in [5.41, 5.74) is 3.39. The highest BCUT2D eigenvalue weighted by molar-refractivity contribution is 8.27. The highest BCUT2D eigenvalue weighted by Gasteiger charge is 2.36. The normalized spacial score (nSPS) is 16.3. The van der Waals surface area contributed by atoms with Gasteiger partial charge in [-0.25, -0.2) is 0 Å². The van der Waals surface area contributed by atoms with Crippen molar-refractivity contribution in [1.29, 1.82) is 5.41 Å². The summed E-state index contributed by atoms with van der Waals surface area (Å²) in [6.45, 7) is 4.97. The van der Waals surface area contributed by atoms with Gasteiger partial charge in [-0.1, -0.05) is 24.3 Å². The summed E-state index contributed by atoms with van der Waals surface area (Å²) in [4.78, 5) is 17.7. The maximum Gasteiger partial charge on any atom is 0.283 e. The third-order valence-electron chi connectivity index (χ3n) is 5.48. The second-order valence-electron chi connectivity index (χ2n) is 7.91. The fraction of sp³-hybridized carbons (Fsp3) is 0.154. The van der Waals surface area contributed by atoms with Crippen LogP contribution in [0.4, 0.5) is 0 Å². The quantitative estimate of drug-likeness (QED) is 0.341. The van der Waals surface area contributed by atoms with Crippen molar-refractivity contribution in [2.45, 2.75) is 13.8 Å². The van der Waals surface area contributed by atoms with E-state index in [1.807, 2.05) is 60.0 Å². The number of nitrogens with one attached hydrogen (secondary N) is 1. The van der Waals surface area contributed by atoms with Crippen molar-refractivity contribution in [1.82, 2.24) is 5.01 Å². The van der Waals surface area contributed by atoms with Crippen LogP contribution in [-0.2, 0) is 4.79 Å². The Morgan fingerprint density at radius 3 is 2.46 bits per heavy atom. The molecule has 2 aliphatic rings. The van der Waals surface area contributed by atoms with Crippen molar-refractivity contribution in [2.24, 2.45) is 10.1 Å². The Labute approximate surface area is 211 Å². The van der Waals surface area contributed by atoms with E-state index in [0.717, 1.165) is 21.2 Å². The summed E-state index contributed by atoms with van der Waals surface area (Å²) in [5.74, 6) is 1.10. The number of hydrogen-bond donors (Lipinski definition) is 1. The standard InChI is InChI=1S/C26H22N4O3S2/c1-16-5-8-20(14-17(16)2)33-12-11-32-19-9-6-18(7-10-19)15-21-23(27)30-26(28-24(21)31)35-25(29-30)22-4-3-13-34-22/h3-10,13-15,27H,11-12H2,1-2H3/b21-15-,27-23?. The van der Waals surface area contributed by atoms with Gasteiger partial charge in [0.05, 0.1) is 10.5 Å². The van der Waals surface area contributed by atoms with Crippen molar-refractivity contribution < 1.29 is 14.3 Å². The molecule has 176 valence electrons. The smallest absolute Gasteiger partial charge is 0.283 e. The number of thioether (sulfide) groups is 1. The van der Waals surface area contributed by atoms with E-state index in [9.17, 15) is 4.79 Å². The molecule has 7 nitrogen and oxygen atoms in total. The number of hydrogen-bond acceptors (Lipinski definition) is 7. The number of nitrogens with zero attached hydrogens (tertiary/aromatic N) is 3. The first-order valence-corrected chi connectivity index (χ1v) is 12.6. The summed E-state index contributed by atoms with van der Waals surface area (Å²) < 4.78 is 11.5. The van der Waals surface area contributed by atoms with Gasteiger partial charge in [-0.2, -0.15) is 15.1 Å². The number of aliphatic imine (C=N–C) groups is 1. The highest BCUT2D eigenvalue weighted by atomic mass is 32.2. The molecule has 5 rings (SSSR count). The Kier molecular flexibility index (Phi) is 6.52. The molecule has 0 fully saturated rings. The van der Waals surface area contributed by atoms with Gasteiger partial charge in [0.1, 0.15) is 29.8 Å². The molecular weight excluding hydrogens is 480 g/mol. The molecule has 1 aromatic heterocycles. The first-order chi connectivity index (χ1) is 17.0. The number of rotatable bonds is 7. The Hall–Kier alpha value is -3.69. The van der Waals surface area contributed by atoms with E-state index >= 15 is 0 Å². The summed E-state index contributed by atoms with van der Waals surface area (Å²) in [5, 5.41) is 17.5. The van der Waals surface area contributed by atoms with Crippen molar-refractivity contribution in [3.63, 3.8) is 0 Å². The number of ether oxygens (including phenoxy) is 2. The molecule has 0 atom stereocenters. The molecule has 3 heterocycles. The summed E-state index contributed by atoms with van der Waals surface area (Å²) in [6, 6.07) is 17.2. The largest absolute Gasteiger partial charge is 0.490 e. The van der Waals surface area contributed by atoms with Gasteiger partial charge in [0, 0.05) is 0 Å². The first-order valence-electron chi connectivity index (χ1n) is 10.9. The maximum atomic E-state index is 12.6. The zero-order chi connectivity index (χ0) is 24.4. The summed E-state index contributed by atoms with van der Waals surface area (Å²) in [7, 11) is 0. The van der Waals surface area contributed by atoms with E-state index in [-0.39, 0.29) is 11.4 Å². The molecule has 0 saturated carbocycles. The number of carbonyl (C=O) groups is 1. The summed E-state index contributed by atoms with van der Waals surface area (Å²) in [6.07, 6.45) is 1.65. The molecule has 0 spiro atoms. The number of hydrazone groups is 1. The molecule has 2 aromatic carbocycles. The third-order valence-corrected chi connectivity index (χ3v) is 7.42. The van der Waals surface area contributed by atoms with Crippen molar-refractivity contribution in [3.8, 4) is 11.5 Å². The van der Waals surface area contributed by atoms with Gasteiger partial charge in [0.25, 0.3) is 5.91 Å². The number of carbonyl (C=O) groups excluding carboxylic acids is 1. The van der Waals surface area contributed by atoms with Crippen LogP contribution < -0.4 is 9.47 Å². The van der Waals surface area contributed by atoms with Gasteiger partial charge in [-0.05, 0) is 84.1 Å². The molecule has 35 heavy (non-hydrogen) atoms. The average Bonchev–Trinajstić information content (AvgIpc) is 3.53. The number of amidine groups is 2. The van der Waals surface area contributed by atoms with E-state index in [1.165, 1.54) is 27.9 Å². The van der Waals surface area contributed by atoms with Gasteiger partial charge in [-0.3, -0.25) is 10.2 Å². The van der Waals surface area contributed by atoms with Crippen LogP contribution in [0.3, 0.4) is 0 Å². The molecule has 9 heteroatoms. The second kappa shape index (κ2) is 9.89. The number of aryl methyl sites for hydroxylation is 2. The van der Waals surface area contributed by atoms with Crippen LogP contribution in [0.2, 0.25) is 0 Å². The van der Waals surface area contributed by atoms with E-state index in [0.29, 0.717) is 24.1 Å². The van der Waals surface area contributed by atoms with Crippen LogP contribution in [0, 0.1) is 19.3 Å². The Morgan fingerprint density at radius 1 is 1.00 bits per heavy atom. The molecule has 0 unspecified atom stereocenters. The first kappa shape index (κ1) is 23.1. The molecule has 0 saturated heterocycles. The minimum Gasteiger partial charge on any atom is -0.490 e. The second-order valence-corrected chi connectivity index (χ2v) is 9.82. The number of fused-ring (bicyclic) bond motifs is 1. The van der Waals surface area contributed by atoms with Gasteiger partial charge >= 0.3 is 0 Å². The number of thiophene rings is 1. The zero-order valence-corrected chi connectivity index (χ0v) is 20.8. The summed E-state index contributed by atoms with van der Waals surface area (Å²) >= 11 is 2.86. The molecule has 1 amide bonds. The molecule has 0 bridgehead atoms. The number of amides is 1. The minimum atomic E-state index is -0.444. The molecule has 0 aliphatic carbocycles. The van der Waals surface area contributed by atoms with E-state index in [2.05, 4.69) is 23.9 Å². The Balaban J connectivity index is 1.20. The van der Waals surface area contributed by atoms with Crippen molar-refractivity contribution in [2.75, 3.05) is 13.2 Å². The lowest BCUT2D eigenvalue weighted by Crippen LogP contribution is -2.35. The lowest BCUT2D eigenvalue weighted by molar-refractivity contribution is -0.114. The lowest BCUT2D eigenvalue weighted by Gasteiger charge is -2.20. The fourth-order valence-electron chi connectivity index (χ4n) is 3.44. The predicted molar refractivity (Wildman–Crippen MR) is 142 cm³/mol. The molecule has 2 aliphatic heterocycles. The van der Waals surface area contributed by atoms with Gasteiger partial charge in [-0.15, -0.1) is 11.3 Å². The van der Waals surface area contributed by atoms with Crippen LogP contribution in [0.5, 0.6) is 11.5 Å². The average molecular weight is 503 g/mol. The van der Waals surface area contributed by atoms with E-state index in [4.69, 9.17) is 14.9 Å². The monoisotopic (exact) mass is 502 g/mol. The predicted octanol–water partition coefficient (Wildman–Crippen LogP) is 5.49. The van der Waals surface area contributed by atoms with Crippen LogP contribution >= 0.6 is 23.1 Å². The van der Waals surface area contributed by atoms with Crippen LogP contribution in [0.1, 0.15) is 21.6 Å². The lowest BCUT2D eigenvalue weighted by atomic mass is 10.1.